The van der Waals surface area contributed by atoms with E-state index in [1.54, 1.807) is 0 Å². The van der Waals surface area contributed by atoms with Crippen LogP contribution in [0, 0.1) is 5.92 Å². The SMILES string of the molecule is CC(C)C(=O)OCCCNC(C)(C)C. The fourth-order valence-electron chi connectivity index (χ4n) is 0.875. The molecule has 84 valence electrons. The van der Waals surface area contributed by atoms with Crippen LogP contribution in [0.3, 0.4) is 0 Å². The molecule has 0 heterocycles. The Morgan fingerprint density at radius 1 is 1.36 bits per heavy atom. The molecular weight excluding hydrogens is 178 g/mol. The molecule has 3 heteroatoms. The third kappa shape index (κ3) is 8.05. The van der Waals surface area contributed by atoms with Gasteiger partial charge in [-0.15, -0.1) is 0 Å². The summed E-state index contributed by atoms with van der Waals surface area (Å²) in [5.41, 5.74) is 0.141. The number of ether oxygens (including phenoxy) is 1. The van der Waals surface area contributed by atoms with Crippen molar-refractivity contribution in [2.45, 2.75) is 46.6 Å². The van der Waals surface area contributed by atoms with E-state index < -0.39 is 0 Å². The first-order chi connectivity index (χ1) is 6.33. The topological polar surface area (TPSA) is 38.3 Å². The molecule has 0 aliphatic heterocycles. The van der Waals surface area contributed by atoms with Gasteiger partial charge in [-0.3, -0.25) is 4.79 Å². The van der Waals surface area contributed by atoms with Crippen LogP contribution in [0.5, 0.6) is 0 Å². The van der Waals surface area contributed by atoms with Crippen LogP contribution in [-0.4, -0.2) is 24.7 Å². The van der Waals surface area contributed by atoms with E-state index in [1.165, 1.54) is 0 Å². The van der Waals surface area contributed by atoms with Crippen molar-refractivity contribution in [1.29, 1.82) is 0 Å². The summed E-state index contributed by atoms with van der Waals surface area (Å²) in [6.45, 7) is 11.4. The summed E-state index contributed by atoms with van der Waals surface area (Å²) in [4.78, 5) is 11.1. The lowest BCUT2D eigenvalue weighted by molar-refractivity contribution is -0.147. The van der Waals surface area contributed by atoms with Crippen molar-refractivity contribution in [3.05, 3.63) is 0 Å². The molecule has 0 radical (unpaired) electrons. The van der Waals surface area contributed by atoms with Crippen LogP contribution in [0.2, 0.25) is 0 Å². The van der Waals surface area contributed by atoms with Crippen molar-refractivity contribution in [2.75, 3.05) is 13.2 Å². The highest BCUT2D eigenvalue weighted by Gasteiger charge is 2.09. The number of rotatable bonds is 5. The average molecular weight is 201 g/mol. The largest absolute Gasteiger partial charge is 0.465 e. The minimum atomic E-state index is -0.110. The summed E-state index contributed by atoms with van der Waals surface area (Å²) in [7, 11) is 0. The van der Waals surface area contributed by atoms with Crippen molar-refractivity contribution >= 4 is 5.97 Å². The van der Waals surface area contributed by atoms with Crippen molar-refractivity contribution in [1.82, 2.24) is 5.32 Å². The highest BCUT2D eigenvalue weighted by atomic mass is 16.5. The van der Waals surface area contributed by atoms with Crippen LogP contribution in [0.15, 0.2) is 0 Å². The van der Waals surface area contributed by atoms with Gasteiger partial charge in [-0.1, -0.05) is 13.8 Å². The number of hydrogen-bond acceptors (Lipinski definition) is 3. The third-order valence-electron chi connectivity index (χ3n) is 1.69. The Kier molecular flexibility index (Phi) is 5.77. The summed E-state index contributed by atoms with van der Waals surface area (Å²) in [5, 5.41) is 3.33. The Morgan fingerprint density at radius 2 is 1.93 bits per heavy atom. The van der Waals surface area contributed by atoms with Crippen LogP contribution in [-0.2, 0) is 9.53 Å². The number of esters is 1. The maximum atomic E-state index is 11.1. The number of carbonyl (C=O) groups is 1. The van der Waals surface area contributed by atoms with Gasteiger partial charge in [0.1, 0.15) is 0 Å². The standard InChI is InChI=1S/C11H23NO2/c1-9(2)10(13)14-8-6-7-12-11(3,4)5/h9,12H,6-8H2,1-5H3. The van der Waals surface area contributed by atoms with E-state index in [9.17, 15) is 4.79 Å². The maximum Gasteiger partial charge on any atom is 0.308 e. The van der Waals surface area contributed by atoms with Crippen LogP contribution in [0.25, 0.3) is 0 Å². The van der Waals surface area contributed by atoms with E-state index >= 15 is 0 Å². The predicted molar refractivity (Wildman–Crippen MR) is 58.2 cm³/mol. The van der Waals surface area contributed by atoms with Crippen molar-refractivity contribution < 1.29 is 9.53 Å². The van der Waals surface area contributed by atoms with E-state index in [0.29, 0.717) is 6.61 Å². The first kappa shape index (κ1) is 13.4. The Balaban J connectivity index is 3.35. The summed E-state index contributed by atoms with van der Waals surface area (Å²) in [6.07, 6.45) is 0.871. The monoisotopic (exact) mass is 201 g/mol. The summed E-state index contributed by atoms with van der Waals surface area (Å²) >= 11 is 0. The van der Waals surface area contributed by atoms with Crippen LogP contribution in [0.1, 0.15) is 41.0 Å². The van der Waals surface area contributed by atoms with Gasteiger partial charge in [-0.05, 0) is 33.7 Å². The molecule has 14 heavy (non-hydrogen) atoms. The molecule has 0 rings (SSSR count). The smallest absolute Gasteiger partial charge is 0.308 e. The summed E-state index contributed by atoms with van der Waals surface area (Å²) in [5.74, 6) is -0.133. The first-order valence-electron chi connectivity index (χ1n) is 5.24. The molecule has 0 aromatic carbocycles. The minimum Gasteiger partial charge on any atom is -0.465 e. The van der Waals surface area contributed by atoms with Gasteiger partial charge >= 0.3 is 5.97 Å². The Hall–Kier alpha value is -0.570. The zero-order valence-electron chi connectivity index (χ0n) is 10.0. The van der Waals surface area contributed by atoms with Gasteiger partial charge in [0, 0.05) is 5.54 Å². The van der Waals surface area contributed by atoms with E-state index in [1.807, 2.05) is 13.8 Å². The Labute approximate surface area is 87.2 Å². The maximum absolute atomic E-state index is 11.1. The highest BCUT2D eigenvalue weighted by molar-refractivity contribution is 5.71. The second-order valence-electron chi connectivity index (χ2n) is 4.85. The van der Waals surface area contributed by atoms with Crippen LogP contribution < -0.4 is 5.32 Å². The van der Waals surface area contributed by atoms with Gasteiger partial charge < -0.3 is 10.1 Å². The first-order valence-corrected chi connectivity index (χ1v) is 5.24. The van der Waals surface area contributed by atoms with E-state index in [-0.39, 0.29) is 17.4 Å². The second kappa shape index (κ2) is 6.02. The quantitative estimate of drug-likeness (QED) is 0.546. The molecule has 0 amide bonds. The predicted octanol–water partition coefficient (Wildman–Crippen LogP) is 1.96. The average Bonchev–Trinajstić information content (AvgIpc) is 2.01. The lowest BCUT2D eigenvalue weighted by Crippen LogP contribution is -2.36. The molecule has 0 bridgehead atoms. The van der Waals surface area contributed by atoms with Gasteiger partial charge in [-0.25, -0.2) is 0 Å². The lowest BCUT2D eigenvalue weighted by Gasteiger charge is -2.20. The molecule has 0 spiro atoms. The molecule has 0 aromatic heterocycles. The molecular formula is C11H23NO2. The van der Waals surface area contributed by atoms with Crippen molar-refractivity contribution in [3.8, 4) is 0 Å². The molecule has 0 aliphatic rings. The molecule has 0 aliphatic carbocycles. The van der Waals surface area contributed by atoms with Gasteiger partial charge in [-0.2, -0.15) is 0 Å². The van der Waals surface area contributed by atoms with Crippen molar-refractivity contribution in [2.24, 2.45) is 5.92 Å². The van der Waals surface area contributed by atoms with Crippen LogP contribution in [0.4, 0.5) is 0 Å². The van der Waals surface area contributed by atoms with Gasteiger partial charge in [0.15, 0.2) is 0 Å². The molecule has 0 atom stereocenters. The van der Waals surface area contributed by atoms with E-state index in [0.717, 1.165) is 13.0 Å². The molecule has 0 unspecified atom stereocenters. The number of carbonyl (C=O) groups excluding carboxylic acids is 1. The Bertz CT molecular complexity index is 171. The zero-order valence-corrected chi connectivity index (χ0v) is 10.0. The van der Waals surface area contributed by atoms with Crippen LogP contribution >= 0.6 is 0 Å². The molecule has 3 nitrogen and oxygen atoms in total. The molecule has 0 saturated carbocycles. The summed E-state index contributed by atoms with van der Waals surface area (Å²) in [6, 6.07) is 0. The lowest BCUT2D eigenvalue weighted by atomic mass is 10.1. The second-order valence-corrected chi connectivity index (χ2v) is 4.85. The third-order valence-corrected chi connectivity index (χ3v) is 1.69. The molecule has 1 N–H and O–H groups in total. The fourth-order valence-corrected chi connectivity index (χ4v) is 0.875. The van der Waals surface area contributed by atoms with Crippen molar-refractivity contribution in [3.63, 3.8) is 0 Å². The number of nitrogens with one attached hydrogen (secondary N) is 1. The Morgan fingerprint density at radius 3 is 2.36 bits per heavy atom. The van der Waals surface area contributed by atoms with Gasteiger partial charge in [0.2, 0.25) is 0 Å². The van der Waals surface area contributed by atoms with E-state index in [2.05, 4.69) is 26.1 Å². The van der Waals surface area contributed by atoms with Gasteiger partial charge in [0.05, 0.1) is 12.5 Å². The normalized spacial score (nSPS) is 11.9. The molecule has 0 aromatic rings. The van der Waals surface area contributed by atoms with E-state index in [4.69, 9.17) is 4.74 Å². The van der Waals surface area contributed by atoms with Gasteiger partial charge in [0.25, 0.3) is 0 Å². The summed E-state index contributed by atoms with van der Waals surface area (Å²) < 4.78 is 5.04. The zero-order chi connectivity index (χ0) is 11.2. The highest BCUT2D eigenvalue weighted by Crippen LogP contribution is 1.99. The number of hydrogen-bond donors (Lipinski definition) is 1. The molecule has 0 saturated heterocycles. The minimum absolute atomic E-state index is 0.0226. The fraction of sp³-hybridized carbons (Fsp3) is 0.909. The molecule has 0 fully saturated rings.